The van der Waals surface area contributed by atoms with Gasteiger partial charge >= 0.3 is 5.97 Å². The van der Waals surface area contributed by atoms with Crippen molar-refractivity contribution in [3.8, 4) is 0 Å². The molecule has 0 saturated carbocycles. The second-order valence-electron chi connectivity index (χ2n) is 7.83. The first-order valence-corrected chi connectivity index (χ1v) is 12.4. The number of nitrogens with zero attached hydrogens (tertiary/aromatic N) is 1. The van der Waals surface area contributed by atoms with Gasteiger partial charge in [0.2, 0.25) is 10.0 Å². The lowest BCUT2D eigenvalue weighted by atomic mass is 9.88. The van der Waals surface area contributed by atoms with Crippen molar-refractivity contribution in [3.05, 3.63) is 77.2 Å². The van der Waals surface area contributed by atoms with Gasteiger partial charge in [-0.1, -0.05) is 48.5 Å². The van der Waals surface area contributed by atoms with Crippen molar-refractivity contribution >= 4 is 48.2 Å². The number of aromatic carboxylic acids is 1. The van der Waals surface area contributed by atoms with Crippen LogP contribution in [0.5, 0.6) is 0 Å². The van der Waals surface area contributed by atoms with Crippen molar-refractivity contribution in [2.45, 2.75) is 23.7 Å². The summed E-state index contributed by atoms with van der Waals surface area (Å²) in [6.07, 6.45) is 1.21. The largest absolute Gasteiger partial charge is 0.477 e. The van der Waals surface area contributed by atoms with Crippen molar-refractivity contribution in [1.82, 2.24) is 4.31 Å². The number of hydrogen-bond donors (Lipinski definition) is 1. The minimum absolute atomic E-state index is 0.0327. The van der Waals surface area contributed by atoms with E-state index in [1.165, 1.54) is 15.6 Å². The molecule has 1 fully saturated rings. The van der Waals surface area contributed by atoms with E-state index in [2.05, 4.69) is 0 Å². The summed E-state index contributed by atoms with van der Waals surface area (Å²) in [6.45, 7) is 0.756. The maximum absolute atomic E-state index is 13.2. The van der Waals surface area contributed by atoms with Gasteiger partial charge in [0.05, 0.1) is 4.90 Å². The van der Waals surface area contributed by atoms with Crippen LogP contribution in [0.15, 0.2) is 71.6 Å². The monoisotopic (exact) mass is 451 g/mol. The fourth-order valence-electron chi connectivity index (χ4n) is 4.49. The van der Waals surface area contributed by atoms with Crippen LogP contribution in [0.1, 0.15) is 34.0 Å². The third kappa shape index (κ3) is 3.52. The van der Waals surface area contributed by atoms with Crippen molar-refractivity contribution < 1.29 is 18.3 Å². The molecule has 4 aromatic rings. The maximum atomic E-state index is 13.2. The summed E-state index contributed by atoms with van der Waals surface area (Å²) < 4.78 is 29.0. The van der Waals surface area contributed by atoms with Gasteiger partial charge in [-0.15, -0.1) is 11.3 Å². The summed E-state index contributed by atoms with van der Waals surface area (Å²) in [5, 5.41) is 12.6. The van der Waals surface area contributed by atoms with E-state index in [0.717, 1.165) is 26.4 Å². The van der Waals surface area contributed by atoms with E-state index in [0.29, 0.717) is 35.7 Å². The van der Waals surface area contributed by atoms with E-state index >= 15 is 0 Å². The van der Waals surface area contributed by atoms with E-state index in [4.69, 9.17) is 0 Å². The van der Waals surface area contributed by atoms with Gasteiger partial charge in [0, 0.05) is 17.8 Å². The van der Waals surface area contributed by atoms with Crippen molar-refractivity contribution in [2.75, 3.05) is 13.1 Å². The zero-order valence-electron chi connectivity index (χ0n) is 16.7. The molecule has 1 N–H and O–H groups in total. The van der Waals surface area contributed by atoms with Gasteiger partial charge in [-0.3, -0.25) is 0 Å². The van der Waals surface area contributed by atoms with Crippen molar-refractivity contribution in [1.29, 1.82) is 0 Å². The second kappa shape index (κ2) is 7.75. The Morgan fingerprint density at radius 1 is 0.935 bits per heavy atom. The second-order valence-corrected chi connectivity index (χ2v) is 10.8. The van der Waals surface area contributed by atoms with Crippen LogP contribution in [0.3, 0.4) is 0 Å². The first kappa shape index (κ1) is 20.2. The molecule has 2 heterocycles. The number of rotatable bonds is 4. The number of fused-ring (bicyclic) bond motifs is 2. The number of thiophene rings is 1. The molecular weight excluding hydrogens is 430 g/mol. The number of hydrogen-bond acceptors (Lipinski definition) is 4. The first-order chi connectivity index (χ1) is 14.9. The molecule has 1 aromatic heterocycles. The van der Waals surface area contributed by atoms with Crippen LogP contribution in [-0.2, 0) is 10.0 Å². The molecule has 0 atom stereocenters. The number of carbonyl (C=O) groups is 1. The number of benzene rings is 3. The number of carboxylic acid groups (broad SMARTS) is 1. The molecule has 1 saturated heterocycles. The molecule has 0 aliphatic carbocycles. The Labute approximate surface area is 184 Å². The molecule has 31 heavy (non-hydrogen) atoms. The molecule has 0 unspecified atom stereocenters. The topological polar surface area (TPSA) is 74.7 Å². The van der Waals surface area contributed by atoms with Gasteiger partial charge < -0.3 is 5.11 Å². The lowest BCUT2D eigenvalue weighted by Crippen LogP contribution is -2.38. The van der Waals surface area contributed by atoms with E-state index < -0.39 is 16.0 Å². The molecule has 0 radical (unpaired) electrons. The standard InChI is InChI=1S/C24H21NO4S2/c26-24(27)23-22(20-7-3-4-8-21(20)30-23)17-11-13-25(14-12-17)31(28,29)19-10-9-16-5-1-2-6-18(16)15-19/h1-10,15,17H,11-14H2,(H,26,27). The minimum atomic E-state index is -3.60. The van der Waals surface area contributed by atoms with Crippen LogP contribution in [-0.4, -0.2) is 36.9 Å². The summed E-state index contributed by atoms with van der Waals surface area (Å²) in [5.74, 6) is -0.882. The molecule has 0 amide bonds. The molecule has 0 bridgehead atoms. The quantitative estimate of drug-likeness (QED) is 0.456. The molecule has 0 spiro atoms. The Bertz CT molecular complexity index is 1400. The summed E-state index contributed by atoms with van der Waals surface area (Å²) >= 11 is 1.30. The summed E-state index contributed by atoms with van der Waals surface area (Å²) in [5.41, 5.74) is 0.857. The molecule has 1 aliphatic rings. The predicted octanol–water partition coefficient (Wildman–Crippen LogP) is 5.32. The van der Waals surface area contributed by atoms with Crippen molar-refractivity contribution in [2.24, 2.45) is 0 Å². The van der Waals surface area contributed by atoms with E-state index in [9.17, 15) is 18.3 Å². The molecule has 3 aromatic carbocycles. The first-order valence-electron chi connectivity index (χ1n) is 10.2. The van der Waals surface area contributed by atoms with Crippen LogP contribution in [0.25, 0.3) is 20.9 Å². The zero-order chi connectivity index (χ0) is 21.6. The Kier molecular flexibility index (Phi) is 5.04. The minimum Gasteiger partial charge on any atom is -0.477 e. The normalized spacial score (nSPS) is 16.1. The molecule has 5 rings (SSSR count). The summed E-state index contributed by atoms with van der Waals surface area (Å²) in [7, 11) is -3.60. The van der Waals surface area contributed by atoms with Gasteiger partial charge in [-0.05, 0) is 58.7 Å². The summed E-state index contributed by atoms with van der Waals surface area (Å²) in [4.78, 5) is 12.5. The highest BCUT2D eigenvalue weighted by Gasteiger charge is 2.33. The third-order valence-electron chi connectivity index (χ3n) is 6.05. The van der Waals surface area contributed by atoms with Gasteiger partial charge in [-0.25, -0.2) is 13.2 Å². The Balaban J connectivity index is 1.42. The number of sulfonamides is 1. The maximum Gasteiger partial charge on any atom is 0.346 e. The summed E-state index contributed by atoms with van der Waals surface area (Å²) in [6, 6.07) is 20.7. The SMILES string of the molecule is O=C(O)c1sc2ccccc2c1C1CCN(S(=O)(=O)c2ccc3ccccc3c2)CC1. The molecule has 158 valence electrons. The van der Waals surface area contributed by atoms with E-state index in [1.807, 2.05) is 54.6 Å². The van der Waals surface area contributed by atoms with Crippen LogP contribution in [0.2, 0.25) is 0 Å². The van der Waals surface area contributed by atoms with Crippen LogP contribution >= 0.6 is 11.3 Å². The highest BCUT2D eigenvalue weighted by atomic mass is 32.2. The fourth-order valence-corrected chi connectivity index (χ4v) is 7.13. The predicted molar refractivity (Wildman–Crippen MR) is 123 cm³/mol. The molecule has 1 aliphatic heterocycles. The van der Waals surface area contributed by atoms with Gasteiger partial charge in [0.25, 0.3) is 0 Å². The number of piperidine rings is 1. The van der Waals surface area contributed by atoms with Gasteiger partial charge in [0.1, 0.15) is 4.88 Å². The molecule has 5 nitrogen and oxygen atoms in total. The Morgan fingerprint density at radius 3 is 2.35 bits per heavy atom. The number of carboxylic acids is 1. The van der Waals surface area contributed by atoms with Gasteiger partial charge in [-0.2, -0.15) is 4.31 Å². The van der Waals surface area contributed by atoms with Crippen molar-refractivity contribution in [3.63, 3.8) is 0 Å². The van der Waals surface area contributed by atoms with Crippen LogP contribution in [0.4, 0.5) is 0 Å². The Morgan fingerprint density at radius 2 is 1.61 bits per heavy atom. The lowest BCUT2D eigenvalue weighted by molar-refractivity contribution is 0.0700. The lowest BCUT2D eigenvalue weighted by Gasteiger charge is -2.31. The average Bonchev–Trinajstić information content (AvgIpc) is 3.19. The molecule has 7 heteroatoms. The highest BCUT2D eigenvalue weighted by Crippen LogP contribution is 2.41. The van der Waals surface area contributed by atoms with Crippen LogP contribution < -0.4 is 0 Å². The zero-order valence-corrected chi connectivity index (χ0v) is 18.3. The average molecular weight is 452 g/mol. The third-order valence-corrected chi connectivity index (χ3v) is 9.12. The fraction of sp³-hybridized carbons (Fsp3) is 0.208. The van der Waals surface area contributed by atoms with Crippen LogP contribution in [0, 0.1) is 0 Å². The van der Waals surface area contributed by atoms with E-state index in [1.54, 1.807) is 12.1 Å². The van der Waals surface area contributed by atoms with Gasteiger partial charge in [0.15, 0.2) is 0 Å². The molecular formula is C24H21NO4S2. The van der Waals surface area contributed by atoms with E-state index in [-0.39, 0.29) is 5.92 Å². The Hall–Kier alpha value is -2.74. The smallest absolute Gasteiger partial charge is 0.346 e. The highest BCUT2D eigenvalue weighted by molar-refractivity contribution is 7.89.